The van der Waals surface area contributed by atoms with Crippen molar-refractivity contribution >= 4 is 29.4 Å². The molecule has 0 spiro atoms. The van der Waals surface area contributed by atoms with Crippen LogP contribution in [0.1, 0.15) is 61.9 Å². The topological polar surface area (TPSA) is 126 Å². The van der Waals surface area contributed by atoms with Crippen molar-refractivity contribution in [1.82, 2.24) is 20.4 Å². The lowest BCUT2D eigenvalue weighted by molar-refractivity contribution is -0.141. The predicted octanol–water partition coefficient (Wildman–Crippen LogP) is 3.43. The molecule has 1 aromatic carbocycles. The quantitative estimate of drug-likeness (QED) is 0.411. The molecule has 196 valence electrons. The summed E-state index contributed by atoms with van der Waals surface area (Å²) in [6.45, 7) is 7.69. The van der Waals surface area contributed by atoms with Crippen molar-refractivity contribution in [2.24, 2.45) is 5.92 Å². The van der Waals surface area contributed by atoms with Gasteiger partial charge in [0.1, 0.15) is 24.0 Å². The second kappa shape index (κ2) is 11.4. The summed E-state index contributed by atoms with van der Waals surface area (Å²) in [7, 11) is 0. The van der Waals surface area contributed by atoms with Crippen molar-refractivity contribution in [3.8, 4) is 10.4 Å². The third-order valence-electron chi connectivity index (χ3n) is 6.75. The van der Waals surface area contributed by atoms with E-state index in [1.54, 1.807) is 17.4 Å². The lowest BCUT2D eigenvalue weighted by Crippen LogP contribution is -2.48. The lowest BCUT2D eigenvalue weighted by Gasteiger charge is -2.29. The van der Waals surface area contributed by atoms with Gasteiger partial charge in [-0.2, -0.15) is 0 Å². The van der Waals surface area contributed by atoms with Gasteiger partial charge in [0.25, 0.3) is 0 Å². The SMILES string of the molecule is Cc1ncsc1-c1ccc([C@H](C)NC(=O)[C@@H]2C[C@@H](O)CN2C(=O)C(c2cc(CC=O)no2)C(C)C)cc1. The van der Waals surface area contributed by atoms with Crippen molar-refractivity contribution in [3.05, 3.63) is 58.6 Å². The van der Waals surface area contributed by atoms with Crippen molar-refractivity contribution in [2.45, 2.75) is 64.6 Å². The van der Waals surface area contributed by atoms with E-state index in [4.69, 9.17) is 4.52 Å². The number of aryl methyl sites for hydroxylation is 1. The first-order chi connectivity index (χ1) is 17.7. The summed E-state index contributed by atoms with van der Waals surface area (Å²) in [6, 6.07) is 8.48. The third-order valence-corrected chi connectivity index (χ3v) is 7.73. The van der Waals surface area contributed by atoms with E-state index in [0.29, 0.717) is 11.5 Å². The lowest BCUT2D eigenvalue weighted by atomic mass is 9.91. The molecule has 0 bridgehead atoms. The van der Waals surface area contributed by atoms with Gasteiger partial charge in [-0.1, -0.05) is 43.3 Å². The normalized spacial score (nSPS) is 19.1. The van der Waals surface area contributed by atoms with Crippen LogP contribution in [0.4, 0.5) is 0 Å². The molecular formula is C27H32N4O5S. The summed E-state index contributed by atoms with van der Waals surface area (Å²) in [6.07, 6.45) is 0.176. The average molecular weight is 525 g/mol. The van der Waals surface area contributed by atoms with Crippen LogP contribution in [-0.2, 0) is 20.8 Å². The van der Waals surface area contributed by atoms with Gasteiger partial charge in [-0.25, -0.2) is 4.98 Å². The van der Waals surface area contributed by atoms with E-state index in [9.17, 15) is 19.5 Å². The Morgan fingerprint density at radius 3 is 2.62 bits per heavy atom. The zero-order valence-electron chi connectivity index (χ0n) is 21.4. The molecule has 3 aromatic rings. The molecule has 37 heavy (non-hydrogen) atoms. The van der Waals surface area contributed by atoms with Crippen LogP contribution >= 0.6 is 11.3 Å². The number of rotatable bonds is 9. The molecule has 2 aromatic heterocycles. The maximum Gasteiger partial charge on any atom is 0.243 e. The van der Waals surface area contributed by atoms with Crippen molar-refractivity contribution in [3.63, 3.8) is 0 Å². The van der Waals surface area contributed by atoms with Gasteiger partial charge in [-0.3, -0.25) is 9.59 Å². The second-order valence-corrected chi connectivity index (χ2v) is 10.7. The summed E-state index contributed by atoms with van der Waals surface area (Å²) in [5.41, 5.74) is 5.25. The molecule has 3 heterocycles. The molecule has 10 heteroatoms. The number of aldehydes is 1. The van der Waals surface area contributed by atoms with Gasteiger partial charge >= 0.3 is 0 Å². The molecule has 2 amide bonds. The molecule has 1 aliphatic rings. The van der Waals surface area contributed by atoms with Crippen LogP contribution in [0.2, 0.25) is 0 Å². The van der Waals surface area contributed by atoms with Gasteiger partial charge in [0.2, 0.25) is 11.8 Å². The molecule has 0 aliphatic carbocycles. The Kier molecular flexibility index (Phi) is 8.19. The van der Waals surface area contributed by atoms with Crippen molar-refractivity contribution in [1.29, 1.82) is 0 Å². The Bertz CT molecular complexity index is 1250. The third kappa shape index (κ3) is 5.80. The first-order valence-electron chi connectivity index (χ1n) is 12.4. The number of aliphatic hydroxyl groups excluding tert-OH is 1. The Morgan fingerprint density at radius 1 is 1.27 bits per heavy atom. The van der Waals surface area contributed by atoms with E-state index in [1.807, 2.05) is 57.5 Å². The standard InChI is InChI=1S/C27H32N4O5S/c1-15(2)24(23-11-20(9-10-32)30-36-23)27(35)31-13-21(33)12-22(31)26(34)29-16(3)18-5-7-19(8-6-18)25-17(4)28-14-37-25/h5-8,10-11,14-16,21-22,24,33H,9,12-13H2,1-4H3,(H,29,34)/t16-,21+,22-,24?/m0/s1. The smallest absolute Gasteiger partial charge is 0.243 e. The van der Waals surface area contributed by atoms with E-state index >= 15 is 0 Å². The number of thiazole rings is 1. The van der Waals surface area contributed by atoms with Gasteiger partial charge in [0.05, 0.1) is 33.9 Å². The molecule has 4 atom stereocenters. The van der Waals surface area contributed by atoms with Gasteiger partial charge < -0.3 is 24.6 Å². The van der Waals surface area contributed by atoms with E-state index in [2.05, 4.69) is 15.5 Å². The van der Waals surface area contributed by atoms with Crippen LogP contribution in [0.5, 0.6) is 0 Å². The van der Waals surface area contributed by atoms with E-state index < -0.39 is 18.1 Å². The molecule has 0 saturated carbocycles. The summed E-state index contributed by atoms with van der Waals surface area (Å²) >= 11 is 1.59. The molecule has 9 nitrogen and oxygen atoms in total. The highest BCUT2D eigenvalue weighted by Crippen LogP contribution is 2.32. The number of hydrogen-bond donors (Lipinski definition) is 2. The minimum atomic E-state index is -0.803. The first-order valence-corrected chi connectivity index (χ1v) is 13.3. The number of aromatic nitrogens is 2. The molecule has 1 unspecified atom stereocenters. The second-order valence-electron chi connectivity index (χ2n) is 9.83. The number of nitrogens with zero attached hydrogens (tertiary/aromatic N) is 3. The molecular weight excluding hydrogens is 492 g/mol. The fourth-order valence-electron chi connectivity index (χ4n) is 4.77. The highest BCUT2D eigenvalue weighted by atomic mass is 32.1. The number of likely N-dealkylation sites (tertiary alicyclic amines) is 1. The van der Waals surface area contributed by atoms with E-state index in [1.165, 1.54) is 4.90 Å². The summed E-state index contributed by atoms with van der Waals surface area (Å²) in [5, 5.41) is 17.3. The number of amides is 2. The van der Waals surface area contributed by atoms with E-state index in [0.717, 1.165) is 28.0 Å². The fourth-order valence-corrected chi connectivity index (χ4v) is 5.58. The molecule has 0 radical (unpaired) electrons. The van der Waals surface area contributed by atoms with Crippen LogP contribution < -0.4 is 5.32 Å². The Morgan fingerprint density at radius 2 is 2.00 bits per heavy atom. The first kappa shape index (κ1) is 26.7. The zero-order chi connectivity index (χ0) is 26.7. The van der Waals surface area contributed by atoms with Crippen LogP contribution in [0.15, 0.2) is 40.4 Å². The minimum Gasteiger partial charge on any atom is -0.391 e. The summed E-state index contributed by atoms with van der Waals surface area (Å²) < 4.78 is 5.39. The van der Waals surface area contributed by atoms with E-state index in [-0.39, 0.29) is 43.2 Å². The van der Waals surface area contributed by atoms with Crippen molar-refractivity contribution < 1.29 is 24.0 Å². The largest absolute Gasteiger partial charge is 0.391 e. The highest BCUT2D eigenvalue weighted by Gasteiger charge is 2.43. The number of aliphatic hydroxyl groups is 1. The highest BCUT2D eigenvalue weighted by molar-refractivity contribution is 7.13. The van der Waals surface area contributed by atoms with Gasteiger partial charge in [0.15, 0.2) is 0 Å². The molecule has 2 N–H and O–H groups in total. The molecule has 1 saturated heterocycles. The predicted molar refractivity (Wildman–Crippen MR) is 139 cm³/mol. The number of hydrogen-bond acceptors (Lipinski definition) is 8. The molecule has 4 rings (SSSR count). The zero-order valence-corrected chi connectivity index (χ0v) is 22.2. The Hall–Kier alpha value is -3.37. The molecule has 1 fully saturated rings. The Balaban J connectivity index is 1.47. The minimum absolute atomic E-state index is 0.0623. The fraction of sp³-hybridized carbons (Fsp3) is 0.444. The van der Waals surface area contributed by atoms with Gasteiger partial charge in [0, 0.05) is 25.5 Å². The number of β-amino-alcohol motifs (C(OH)–C–C–N with tert-alkyl or cyclic N) is 1. The van der Waals surface area contributed by atoms with Gasteiger partial charge in [-0.05, 0) is 30.9 Å². The molecule has 1 aliphatic heterocycles. The van der Waals surface area contributed by atoms with Crippen LogP contribution in [-0.4, -0.2) is 56.9 Å². The van der Waals surface area contributed by atoms with Crippen LogP contribution in [0.25, 0.3) is 10.4 Å². The van der Waals surface area contributed by atoms with Gasteiger partial charge in [-0.15, -0.1) is 11.3 Å². The summed E-state index contributed by atoms with van der Waals surface area (Å²) in [4.78, 5) is 44.6. The number of carbonyl (C=O) groups is 3. The monoisotopic (exact) mass is 524 g/mol. The maximum atomic E-state index is 13.6. The Labute approximate surface area is 219 Å². The number of benzene rings is 1. The van der Waals surface area contributed by atoms with Crippen LogP contribution in [0.3, 0.4) is 0 Å². The van der Waals surface area contributed by atoms with Crippen LogP contribution in [0, 0.1) is 12.8 Å². The van der Waals surface area contributed by atoms with Crippen molar-refractivity contribution in [2.75, 3.05) is 6.54 Å². The summed E-state index contributed by atoms with van der Waals surface area (Å²) in [5.74, 6) is -1.11. The average Bonchev–Trinajstić information content (AvgIpc) is 3.59. The number of nitrogens with one attached hydrogen (secondary N) is 1. The number of carbonyl (C=O) groups excluding carboxylic acids is 3. The maximum absolute atomic E-state index is 13.6.